The molecule has 2 aromatic carbocycles. The van der Waals surface area contributed by atoms with Crippen LogP contribution in [-0.4, -0.2) is 6.29 Å². The molecule has 1 fully saturated rings. The standard InChI is InChI=1S/C17H16O/c1-13-16(14-8-4-2-5-9-14)17(13,12-18)15-10-6-3-7-11-15/h2-13,16H,1H3/t13-,16+,17-/m0/s1. The van der Waals surface area contributed by atoms with E-state index >= 15 is 0 Å². The Morgan fingerprint density at radius 2 is 1.50 bits per heavy atom. The van der Waals surface area contributed by atoms with Gasteiger partial charge in [0.05, 0.1) is 5.41 Å². The maximum atomic E-state index is 11.7. The highest BCUT2D eigenvalue weighted by atomic mass is 16.1. The van der Waals surface area contributed by atoms with Crippen LogP contribution in [0.2, 0.25) is 0 Å². The first-order valence-electron chi connectivity index (χ1n) is 6.37. The second-order valence-electron chi connectivity index (χ2n) is 5.09. The van der Waals surface area contributed by atoms with Gasteiger partial charge in [0.15, 0.2) is 0 Å². The number of hydrogen-bond acceptors (Lipinski definition) is 1. The summed E-state index contributed by atoms with van der Waals surface area (Å²) < 4.78 is 0. The summed E-state index contributed by atoms with van der Waals surface area (Å²) in [4.78, 5) is 11.7. The zero-order valence-electron chi connectivity index (χ0n) is 10.4. The lowest BCUT2D eigenvalue weighted by molar-refractivity contribution is -0.110. The van der Waals surface area contributed by atoms with Crippen LogP contribution < -0.4 is 0 Å². The maximum absolute atomic E-state index is 11.7. The molecule has 1 nitrogen and oxygen atoms in total. The minimum Gasteiger partial charge on any atom is -0.302 e. The van der Waals surface area contributed by atoms with Crippen molar-refractivity contribution in [1.29, 1.82) is 0 Å². The van der Waals surface area contributed by atoms with Gasteiger partial charge in [-0.25, -0.2) is 0 Å². The first kappa shape index (κ1) is 11.2. The summed E-state index contributed by atoms with van der Waals surface area (Å²) in [6.07, 6.45) is 1.14. The molecule has 0 unspecified atom stereocenters. The van der Waals surface area contributed by atoms with E-state index in [1.54, 1.807) is 0 Å². The third-order valence-corrected chi connectivity index (χ3v) is 4.29. The monoisotopic (exact) mass is 236 g/mol. The summed E-state index contributed by atoms with van der Waals surface area (Å²) >= 11 is 0. The molecule has 0 spiro atoms. The van der Waals surface area contributed by atoms with Crippen molar-refractivity contribution in [2.24, 2.45) is 5.92 Å². The van der Waals surface area contributed by atoms with Gasteiger partial charge in [0.2, 0.25) is 0 Å². The summed E-state index contributed by atoms with van der Waals surface area (Å²) in [6, 6.07) is 20.5. The smallest absolute Gasteiger partial charge is 0.131 e. The normalized spacial score (nSPS) is 29.8. The predicted molar refractivity (Wildman–Crippen MR) is 72.5 cm³/mol. The summed E-state index contributed by atoms with van der Waals surface area (Å²) in [5.41, 5.74) is 2.09. The number of aldehydes is 1. The first-order valence-corrected chi connectivity index (χ1v) is 6.37. The zero-order valence-corrected chi connectivity index (χ0v) is 10.4. The van der Waals surface area contributed by atoms with Gasteiger partial charge >= 0.3 is 0 Å². The number of benzene rings is 2. The minimum absolute atomic E-state index is 0.317. The molecule has 0 heterocycles. The number of carbonyl (C=O) groups is 1. The van der Waals surface area contributed by atoms with Crippen LogP contribution in [0, 0.1) is 5.92 Å². The minimum atomic E-state index is -0.317. The molecule has 0 radical (unpaired) electrons. The fraction of sp³-hybridized carbons (Fsp3) is 0.235. The SMILES string of the molecule is C[C@H]1[C@H](c2ccccc2)[C@]1(C=O)c1ccccc1. The quantitative estimate of drug-likeness (QED) is 0.745. The third-order valence-electron chi connectivity index (χ3n) is 4.29. The van der Waals surface area contributed by atoms with E-state index in [9.17, 15) is 4.79 Å². The molecular weight excluding hydrogens is 220 g/mol. The Hall–Kier alpha value is -1.89. The van der Waals surface area contributed by atoms with Crippen molar-refractivity contribution in [3.8, 4) is 0 Å². The molecule has 0 bridgehead atoms. The highest BCUT2D eigenvalue weighted by molar-refractivity contribution is 5.78. The van der Waals surface area contributed by atoms with Gasteiger partial charge in [-0.05, 0) is 17.0 Å². The van der Waals surface area contributed by atoms with Crippen molar-refractivity contribution in [2.45, 2.75) is 18.3 Å². The average molecular weight is 236 g/mol. The Morgan fingerprint density at radius 1 is 0.944 bits per heavy atom. The van der Waals surface area contributed by atoms with E-state index in [2.05, 4.69) is 31.2 Å². The van der Waals surface area contributed by atoms with E-state index in [1.165, 1.54) is 5.56 Å². The molecule has 3 rings (SSSR count). The van der Waals surface area contributed by atoms with Gasteiger partial charge < -0.3 is 4.79 Å². The van der Waals surface area contributed by atoms with E-state index in [0.29, 0.717) is 11.8 Å². The van der Waals surface area contributed by atoms with Crippen molar-refractivity contribution in [1.82, 2.24) is 0 Å². The Morgan fingerprint density at radius 3 is 2.06 bits per heavy atom. The summed E-state index contributed by atoms with van der Waals surface area (Å²) in [6.45, 7) is 2.17. The van der Waals surface area contributed by atoms with Crippen molar-refractivity contribution in [3.63, 3.8) is 0 Å². The Labute approximate surface area is 107 Å². The highest BCUT2D eigenvalue weighted by Gasteiger charge is 2.63. The summed E-state index contributed by atoms with van der Waals surface area (Å²) in [7, 11) is 0. The van der Waals surface area contributed by atoms with E-state index in [1.807, 2.05) is 36.4 Å². The zero-order chi connectivity index (χ0) is 12.6. The molecular formula is C17H16O. The van der Waals surface area contributed by atoms with Crippen LogP contribution in [0.4, 0.5) is 0 Å². The van der Waals surface area contributed by atoms with Gasteiger partial charge in [0.1, 0.15) is 6.29 Å². The topological polar surface area (TPSA) is 17.1 Å². The van der Waals surface area contributed by atoms with Crippen LogP contribution >= 0.6 is 0 Å². The molecule has 1 aliphatic carbocycles. The predicted octanol–water partition coefficient (Wildman–Crippen LogP) is 3.56. The van der Waals surface area contributed by atoms with Crippen LogP contribution in [0.1, 0.15) is 24.0 Å². The lowest BCUT2D eigenvalue weighted by atomic mass is 9.91. The van der Waals surface area contributed by atoms with Crippen LogP contribution in [0.15, 0.2) is 60.7 Å². The van der Waals surface area contributed by atoms with Crippen LogP contribution in [-0.2, 0) is 10.2 Å². The third kappa shape index (κ3) is 1.43. The number of rotatable bonds is 3. The van der Waals surface area contributed by atoms with Crippen LogP contribution in [0.3, 0.4) is 0 Å². The second-order valence-corrected chi connectivity index (χ2v) is 5.09. The summed E-state index contributed by atoms with van der Waals surface area (Å²) in [5, 5.41) is 0. The molecule has 0 aliphatic heterocycles. The Kier molecular flexibility index (Phi) is 2.55. The molecule has 1 heteroatoms. The fourth-order valence-corrected chi connectivity index (χ4v) is 3.23. The fourth-order valence-electron chi connectivity index (χ4n) is 3.23. The molecule has 1 saturated carbocycles. The maximum Gasteiger partial charge on any atom is 0.131 e. The van der Waals surface area contributed by atoms with Crippen molar-refractivity contribution < 1.29 is 4.79 Å². The van der Waals surface area contributed by atoms with Crippen LogP contribution in [0.25, 0.3) is 0 Å². The highest BCUT2D eigenvalue weighted by Crippen LogP contribution is 2.64. The molecule has 18 heavy (non-hydrogen) atoms. The van der Waals surface area contributed by atoms with Gasteiger partial charge in [0.25, 0.3) is 0 Å². The molecule has 3 atom stereocenters. The molecule has 1 aliphatic rings. The molecule has 90 valence electrons. The van der Waals surface area contributed by atoms with Gasteiger partial charge in [-0.3, -0.25) is 0 Å². The number of hydrogen-bond donors (Lipinski definition) is 0. The van der Waals surface area contributed by atoms with Gasteiger partial charge in [-0.1, -0.05) is 67.6 Å². The molecule has 2 aromatic rings. The van der Waals surface area contributed by atoms with Crippen molar-refractivity contribution >= 4 is 6.29 Å². The Balaban J connectivity index is 2.04. The Bertz CT molecular complexity index is 546. The molecule has 0 N–H and O–H groups in total. The lowest BCUT2D eigenvalue weighted by Crippen LogP contribution is -2.12. The van der Waals surface area contributed by atoms with E-state index in [4.69, 9.17) is 0 Å². The number of carbonyl (C=O) groups excluding carboxylic acids is 1. The molecule has 0 aromatic heterocycles. The van der Waals surface area contributed by atoms with Gasteiger partial charge in [-0.2, -0.15) is 0 Å². The van der Waals surface area contributed by atoms with Crippen LogP contribution in [0.5, 0.6) is 0 Å². The van der Waals surface area contributed by atoms with Crippen molar-refractivity contribution in [2.75, 3.05) is 0 Å². The van der Waals surface area contributed by atoms with Gasteiger partial charge in [0, 0.05) is 5.92 Å². The summed E-state index contributed by atoms with van der Waals surface area (Å²) in [5.74, 6) is 0.693. The van der Waals surface area contributed by atoms with Gasteiger partial charge in [-0.15, -0.1) is 0 Å². The molecule has 0 saturated heterocycles. The van der Waals surface area contributed by atoms with E-state index in [-0.39, 0.29) is 5.41 Å². The van der Waals surface area contributed by atoms with E-state index in [0.717, 1.165) is 11.8 Å². The lowest BCUT2D eigenvalue weighted by Gasteiger charge is -2.10. The second kappa shape index (κ2) is 4.09. The molecule has 0 amide bonds. The van der Waals surface area contributed by atoms with Crippen molar-refractivity contribution in [3.05, 3.63) is 71.8 Å². The largest absolute Gasteiger partial charge is 0.302 e. The average Bonchev–Trinajstić information content (AvgIpc) is 3.07. The van der Waals surface area contributed by atoms with E-state index < -0.39 is 0 Å². The first-order chi connectivity index (χ1) is 8.80.